The van der Waals surface area contributed by atoms with Crippen molar-refractivity contribution in [3.8, 4) is 0 Å². The van der Waals surface area contributed by atoms with Crippen molar-refractivity contribution < 1.29 is 14.4 Å². The van der Waals surface area contributed by atoms with Gasteiger partial charge in [0.1, 0.15) is 6.54 Å². The maximum absolute atomic E-state index is 12.6. The summed E-state index contributed by atoms with van der Waals surface area (Å²) in [5.74, 6) is -1.10. The lowest BCUT2D eigenvalue weighted by atomic mass is 10.2. The molecule has 1 atom stereocenters. The third-order valence-electron chi connectivity index (χ3n) is 4.36. The average Bonchev–Trinajstić information content (AvgIpc) is 3.03. The first-order valence-electron chi connectivity index (χ1n) is 8.16. The third-order valence-corrected chi connectivity index (χ3v) is 4.36. The highest BCUT2D eigenvalue weighted by Crippen LogP contribution is 2.12. The fraction of sp³-hybridized carbons (Fsp3) is 0.800. The number of hydrogen-bond donors (Lipinski definition) is 1. The second-order valence-electron chi connectivity index (χ2n) is 5.85. The molecule has 2 heterocycles. The van der Waals surface area contributed by atoms with E-state index in [-0.39, 0.29) is 18.5 Å². The molecule has 22 heavy (non-hydrogen) atoms. The van der Waals surface area contributed by atoms with Gasteiger partial charge < -0.3 is 20.0 Å². The number of nitrogens with one attached hydrogen (secondary N) is 1. The van der Waals surface area contributed by atoms with E-state index in [0.29, 0.717) is 26.2 Å². The summed E-state index contributed by atoms with van der Waals surface area (Å²) in [5, 5.41) is 3.26. The van der Waals surface area contributed by atoms with Crippen molar-refractivity contribution in [1.29, 1.82) is 0 Å². The molecule has 0 aromatic carbocycles. The molecular formula is C15H26N4O3. The molecular weight excluding hydrogens is 284 g/mol. The van der Waals surface area contributed by atoms with Crippen LogP contribution in [0.5, 0.6) is 0 Å². The Bertz CT molecular complexity index is 435. The van der Waals surface area contributed by atoms with Crippen molar-refractivity contribution >= 4 is 17.7 Å². The summed E-state index contributed by atoms with van der Waals surface area (Å²) in [6.07, 6.45) is 1.83. The van der Waals surface area contributed by atoms with Crippen LogP contribution in [0.1, 0.15) is 26.7 Å². The standard InChI is InChI=1S/C15H26N4O3/c1-3-7-19(12-5-6-16-10-12)13(20)11-18-9-8-17(4-2)14(21)15(18)22/h12,16H,3-11H2,1-2H3. The van der Waals surface area contributed by atoms with Gasteiger partial charge in [-0.25, -0.2) is 0 Å². The second kappa shape index (κ2) is 7.58. The van der Waals surface area contributed by atoms with Gasteiger partial charge in [0.15, 0.2) is 0 Å². The zero-order valence-corrected chi connectivity index (χ0v) is 13.5. The summed E-state index contributed by atoms with van der Waals surface area (Å²) in [6, 6.07) is 0.204. The van der Waals surface area contributed by atoms with Crippen molar-refractivity contribution in [1.82, 2.24) is 20.0 Å². The number of amides is 3. The molecule has 124 valence electrons. The van der Waals surface area contributed by atoms with Crippen molar-refractivity contribution in [3.63, 3.8) is 0 Å². The van der Waals surface area contributed by atoms with Gasteiger partial charge in [-0.05, 0) is 26.3 Å². The largest absolute Gasteiger partial charge is 0.337 e. The number of carbonyl (C=O) groups is 3. The first-order chi connectivity index (χ1) is 10.6. The highest BCUT2D eigenvalue weighted by Gasteiger charge is 2.34. The second-order valence-corrected chi connectivity index (χ2v) is 5.85. The fourth-order valence-corrected chi connectivity index (χ4v) is 3.08. The first kappa shape index (κ1) is 16.7. The van der Waals surface area contributed by atoms with Crippen LogP contribution in [0, 0.1) is 0 Å². The summed E-state index contributed by atoms with van der Waals surface area (Å²) in [6.45, 7) is 7.80. The van der Waals surface area contributed by atoms with Crippen LogP contribution in [0.2, 0.25) is 0 Å². The quantitative estimate of drug-likeness (QED) is 0.657. The molecule has 2 aliphatic rings. The van der Waals surface area contributed by atoms with Crippen molar-refractivity contribution in [3.05, 3.63) is 0 Å². The van der Waals surface area contributed by atoms with Gasteiger partial charge in [-0.3, -0.25) is 14.4 Å². The van der Waals surface area contributed by atoms with E-state index in [4.69, 9.17) is 0 Å². The van der Waals surface area contributed by atoms with Gasteiger partial charge in [-0.15, -0.1) is 0 Å². The van der Waals surface area contributed by atoms with Crippen LogP contribution in [-0.4, -0.2) is 84.3 Å². The molecule has 2 rings (SSSR count). The molecule has 0 saturated carbocycles. The van der Waals surface area contributed by atoms with Crippen LogP contribution in [0.15, 0.2) is 0 Å². The molecule has 0 aromatic heterocycles. The lowest BCUT2D eigenvalue weighted by Crippen LogP contribution is -2.57. The van der Waals surface area contributed by atoms with E-state index < -0.39 is 11.8 Å². The Labute approximate surface area is 131 Å². The number of rotatable bonds is 6. The molecule has 2 saturated heterocycles. The Hall–Kier alpha value is -1.63. The van der Waals surface area contributed by atoms with Gasteiger partial charge in [0.25, 0.3) is 0 Å². The molecule has 0 aromatic rings. The summed E-state index contributed by atoms with van der Waals surface area (Å²) in [7, 11) is 0. The van der Waals surface area contributed by atoms with Crippen LogP contribution in [0.4, 0.5) is 0 Å². The predicted molar refractivity (Wildman–Crippen MR) is 82.1 cm³/mol. The van der Waals surface area contributed by atoms with Crippen LogP contribution >= 0.6 is 0 Å². The maximum Gasteiger partial charge on any atom is 0.312 e. The first-order valence-corrected chi connectivity index (χ1v) is 8.16. The molecule has 1 unspecified atom stereocenters. The Kier molecular flexibility index (Phi) is 5.76. The van der Waals surface area contributed by atoms with Gasteiger partial charge in [-0.2, -0.15) is 0 Å². The highest BCUT2D eigenvalue weighted by molar-refractivity contribution is 6.35. The summed E-state index contributed by atoms with van der Waals surface area (Å²) >= 11 is 0. The number of hydrogen-bond acceptors (Lipinski definition) is 4. The zero-order chi connectivity index (χ0) is 16.1. The molecule has 2 aliphatic heterocycles. The van der Waals surface area contributed by atoms with Gasteiger partial charge in [-0.1, -0.05) is 6.92 Å². The van der Waals surface area contributed by atoms with Gasteiger partial charge in [0.05, 0.1) is 0 Å². The average molecular weight is 310 g/mol. The molecule has 0 bridgehead atoms. The van der Waals surface area contributed by atoms with E-state index in [1.165, 1.54) is 9.80 Å². The smallest absolute Gasteiger partial charge is 0.312 e. The number of carbonyl (C=O) groups excluding carboxylic acids is 3. The molecule has 0 aliphatic carbocycles. The lowest BCUT2D eigenvalue weighted by molar-refractivity contribution is -0.157. The maximum atomic E-state index is 12.6. The minimum absolute atomic E-state index is 0.0125. The van der Waals surface area contributed by atoms with E-state index >= 15 is 0 Å². The molecule has 7 nitrogen and oxygen atoms in total. The van der Waals surface area contributed by atoms with Crippen LogP contribution < -0.4 is 5.32 Å². The molecule has 0 radical (unpaired) electrons. The van der Waals surface area contributed by atoms with Crippen molar-refractivity contribution in [2.45, 2.75) is 32.7 Å². The predicted octanol–water partition coefficient (Wildman–Crippen LogP) is -0.722. The monoisotopic (exact) mass is 310 g/mol. The Morgan fingerprint density at radius 3 is 2.50 bits per heavy atom. The van der Waals surface area contributed by atoms with Gasteiger partial charge in [0, 0.05) is 38.8 Å². The fourth-order valence-electron chi connectivity index (χ4n) is 3.08. The van der Waals surface area contributed by atoms with E-state index in [1.54, 1.807) is 0 Å². The van der Waals surface area contributed by atoms with Crippen molar-refractivity contribution in [2.24, 2.45) is 0 Å². The Morgan fingerprint density at radius 1 is 1.23 bits per heavy atom. The third kappa shape index (κ3) is 3.58. The molecule has 1 N–H and O–H groups in total. The van der Waals surface area contributed by atoms with E-state index in [2.05, 4.69) is 5.32 Å². The Balaban J connectivity index is 1.97. The number of nitrogens with zero attached hydrogens (tertiary/aromatic N) is 3. The van der Waals surface area contributed by atoms with E-state index in [0.717, 1.165) is 25.9 Å². The van der Waals surface area contributed by atoms with Crippen molar-refractivity contribution in [2.75, 3.05) is 45.8 Å². The van der Waals surface area contributed by atoms with E-state index in [1.807, 2.05) is 18.7 Å². The summed E-state index contributed by atoms with van der Waals surface area (Å²) in [4.78, 5) is 41.3. The summed E-state index contributed by atoms with van der Waals surface area (Å²) in [5.41, 5.74) is 0. The highest BCUT2D eigenvalue weighted by atomic mass is 16.2. The minimum Gasteiger partial charge on any atom is -0.337 e. The normalized spacial score (nSPS) is 22.4. The molecule has 7 heteroatoms. The topological polar surface area (TPSA) is 73.0 Å². The lowest BCUT2D eigenvalue weighted by Gasteiger charge is -2.35. The summed E-state index contributed by atoms with van der Waals surface area (Å²) < 4.78 is 0. The number of likely N-dealkylation sites (N-methyl/N-ethyl adjacent to an activating group) is 1. The Morgan fingerprint density at radius 2 is 1.91 bits per heavy atom. The van der Waals surface area contributed by atoms with Crippen LogP contribution in [0.3, 0.4) is 0 Å². The van der Waals surface area contributed by atoms with Crippen LogP contribution in [0.25, 0.3) is 0 Å². The zero-order valence-electron chi connectivity index (χ0n) is 13.5. The SMILES string of the molecule is CCCN(C(=O)CN1CCN(CC)C(=O)C1=O)C1CCNC1. The van der Waals surface area contributed by atoms with Crippen LogP contribution in [-0.2, 0) is 14.4 Å². The minimum atomic E-state index is -0.553. The molecule has 3 amide bonds. The molecule has 2 fully saturated rings. The van der Waals surface area contributed by atoms with Gasteiger partial charge >= 0.3 is 11.8 Å². The van der Waals surface area contributed by atoms with E-state index in [9.17, 15) is 14.4 Å². The number of piperazine rings is 1. The molecule has 0 spiro atoms. The van der Waals surface area contributed by atoms with Gasteiger partial charge in [0.2, 0.25) is 5.91 Å².